The van der Waals surface area contributed by atoms with Crippen molar-refractivity contribution in [1.29, 1.82) is 0 Å². The van der Waals surface area contributed by atoms with Crippen molar-refractivity contribution in [2.24, 2.45) is 0 Å². The van der Waals surface area contributed by atoms with Crippen molar-refractivity contribution in [3.63, 3.8) is 0 Å². The third-order valence-corrected chi connectivity index (χ3v) is 20.1. The molecule has 4 heteroatoms. The first-order valence-electron chi connectivity index (χ1n) is 31.1. The van der Waals surface area contributed by atoms with Crippen LogP contribution in [0.1, 0.15) is 169 Å². The molecule has 0 amide bonds. The summed E-state index contributed by atoms with van der Waals surface area (Å²) in [5.41, 5.74) is 28.5. The standard InChI is InChI=1S/C80H86BN3/c1-74(2,3)54-33-38-66(60(44-54)51-26-20-18-21-27-51)82-69-41-36-57(77(10,11)12)47-65(69)81-64-37-32-58(78(13,14)15)48-70(64)83(67-39-34-55(75(4,5)6)45-61(67)52-28-22-19-23-29-52)72-50-59(49-71(82)73(72)81)84-68-40-35-56(76(7,8)9)46-63(68)79(16)43-42-53-30-24-25-31-62(53)80(79,84)17/h18-41,44-50H,42-43H2,1-17H3. The molecule has 424 valence electrons. The molecule has 0 saturated heterocycles. The highest BCUT2D eigenvalue weighted by molar-refractivity contribution is 7.00. The second kappa shape index (κ2) is 19.0. The molecule has 1 aliphatic carbocycles. The molecule has 0 spiro atoms. The van der Waals surface area contributed by atoms with Gasteiger partial charge < -0.3 is 14.7 Å². The van der Waals surface area contributed by atoms with Gasteiger partial charge in [0, 0.05) is 50.7 Å². The Morgan fingerprint density at radius 2 is 0.786 bits per heavy atom. The zero-order chi connectivity index (χ0) is 59.4. The summed E-state index contributed by atoms with van der Waals surface area (Å²) in [5, 5.41) is 0. The molecule has 13 rings (SSSR count). The van der Waals surface area contributed by atoms with Crippen LogP contribution in [0.25, 0.3) is 22.3 Å². The molecule has 0 fully saturated rings. The monoisotopic (exact) mass is 1100 g/mol. The second-order valence-corrected chi connectivity index (χ2v) is 30.6. The van der Waals surface area contributed by atoms with Crippen LogP contribution in [0, 0.1) is 0 Å². The van der Waals surface area contributed by atoms with Gasteiger partial charge in [0.1, 0.15) is 0 Å². The maximum Gasteiger partial charge on any atom is 0.252 e. The molecular weight excluding hydrogens is 1010 g/mol. The van der Waals surface area contributed by atoms with Crippen LogP contribution >= 0.6 is 0 Å². The van der Waals surface area contributed by atoms with E-state index in [2.05, 4.69) is 320 Å². The molecule has 2 unspecified atom stereocenters. The predicted molar refractivity (Wildman–Crippen MR) is 363 cm³/mol. The summed E-state index contributed by atoms with van der Waals surface area (Å²) in [5.74, 6) is 0. The first-order valence-corrected chi connectivity index (χ1v) is 31.1. The maximum absolute atomic E-state index is 2.82. The van der Waals surface area contributed by atoms with Gasteiger partial charge in [-0.15, -0.1) is 0 Å². The lowest BCUT2D eigenvalue weighted by Crippen LogP contribution is -2.61. The van der Waals surface area contributed by atoms with E-state index in [0.717, 1.165) is 12.8 Å². The average molecular weight is 1100 g/mol. The summed E-state index contributed by atoms with van der Waals surface area (Å²) in [6.45, 7) is 40.5. The SMILES string of the molecule is CC(C)(C)c1ccc2c(c1)B1c3ccc(C(C)(C)C)cc3N(c3ccc(C(C)(C)C)cc3-c3ccccc3)c3cc(N4c5ccc(C(C)(C)C)cc5C5(C)CCc6ccccc6C45C)cc(c31)N2c1ccc(C(C)(C)C)cc1-c1ccccc1. The van der Waals surface area contributed by atoms with Crippen LogP contribution in [0.2, 0.25) is 0 Å². The lowest BCUT2D eigenvalue weighted by atomic mass is 9.33. The lowest BCUT2D eigenvalue weighted by Gasteiger charge is -2.52. The molecule has 3 nitrogen and oxygen atoms in total. The van der Waals surface area contributed by atoms with Crippen molar-refractivity contribution in [2.45, 2.75) is 169 Å². The molecule has 0 N–H and O–H groups in total. The minimum atomic E-state index is -0.454. The van der Waals surface area contributed by atoms with Gasteiger partial charge in [-0.1, -0.05) is 244 Å². The Kier molecular flexibility index (Phi) is 12.6. The highest BCUT2D eigenvalue weighted by atomic mass is 15.3. The van der Waals surface area contributed by atoms with E-state index in [1.54, 1.807) is 0 Å². The molecule has 0 bridgehead atoms. The Morgan fingerprint density at radius 1 is 0.357 bits per heavy atom. The fraction of sp³-hybridized carbons (Fsp3) is 0.325. The van der Waals surface area contributed by atoms with Crippen molar-refractivity contribution in [1.82, 2.24) is 0 Å². The van der Waals surface area contributed by atoms with Crippen LogP contribution < -0.4 is 31.1 Å². The van der Waals surface area contributed by atoms with Crippen molar-refractivity contribution in [3.05, 3.63) is 233 Å². The summed E-state index contributed by atoms with van der Waals surface area (Å²) in [7, 11) is 0. The number of nitrogens with zero attached hydrogens (tertiary/aromatic N) is 3. The lowest BCUT2D eigenvalue weighted by molar-refractivity contribution is 0.245. The van der Waals surface area contributed by atoms with Gasteiger partial charge in [-0.25, -0.2) is 0 Å². The van der Waals surface area contributed by atoms with Crippen molar-refractivity contribution < 1.29 is 0 Å². The molecule has 3 aliphatic heterocycles. The van der Waals surface area contributed by atoms with E-state index in [1.165, 1.54) is 129 Å². The van der Waals surface area contributed by atoms with Crippen LogP contribution in [0.5, 0.6) is 0 Å². The third-order valence-electron chi connectivity index (χ3n) is 20.1. The van der Waals surface area contributed by atoms with Crippen molar-refractivity contribution in [3.8, 4) is 22.3 Å². The highest BCUT2D eigenvalue weighted by Gasteiger charge is 2.60. The fourth-order valence-corrected chi connectivity index (χ4v) is 14.8. The minimum absolute atomic E-state index is 0.0225. The molecule has 9 aromatic carbocycles. The van der Waals surface area contributed by atoms with Crippen LogP contribution in [-0.2, 0) is 44.4 Å². The molecule has 3 heterocycles. The van der Waals surface area contributed by atoms with Crippen LogP contribution in [0.3, 0.4) is 0 Å². The van der Waals surface area contributed by atoms with Gasteiger partial charge in [-0.05, 0) is 173 Å². The van der Waals surface area contributed by atoms with Crippen LogP contribution in [0.4, 0.5) is 45.5 Å². The van der Waals surface area contributed by atoms with Crippen molar-refractivity contribution in [2.75, 3.05) is 14.7 Å². The Labute approximate surface area is 503 Å². The average Bonchev–Trinajstić information content (AvgIpc) is 1.33. The van der Waals surface area contributed by atoms with E-state index in [1.807, 2.05) is 0 Å². The van der Waals surface area contributed by atoms with E-state index < -0.39 is 5.54 Å². The Bertz CT molecular complexity index is 4100. The Morgan fingerprint density at radius 3 is 1.31 bits per heavy atom. The van der Waals surface area contributed by atoms with Crippen LogP contribution in [-0.4, -0.2) is 6.71 Å². The van der Waals surface area contributed by atoms with E-state index in [-0.39, 0.29) is 39.2 Å². The summed E-state index contributed by atoms with van der Waals surface area (Å²) in [6, 6.07) is 74.2. The molecule has 4 aliphatic rings. The first-order chi connectivity index (χ1) is 39.6. The van der Waals surface area contributed by atoms with Gasteiger partial charge in [0.05, 0.1) is 16.9 Å². The number of hydrogen-bond donors (Lipinski definition) is 0. The molecule has 9 aromatic rings. The molecule has 0 aromatic heterocycles. The summed E-state index contributed by atoms with van der Waals surface area (Å²) in [6.07, 6.45) is 2.08. The van der Waals surface area contributed by atoms with Crippen molar-refractivity contribution >= 4 is 68.6 Å². The van der Waals surface area contributed by atoms with Gasteiger partial charge in [-0.2, -0.15) is 0 Å². The largest absolute Gasteiger partial charge is 0.330 e. The number of hydrogen-bond acceptors (Lipinski definition) is 3. The minimum Gasteiger partial charge on any atom is -0.330 e. The number of rotatable bonds is 5. The normalized spacial score (nSPS) is 18.2. The molecule has 84 heavy (non-hydrogen) atoms. The number of anilines is 8. The number of fused-ring (bicyclic) bond motifs is 9. The van der Waals surface area contributed by atoms with E-state index in [9.17, 15) is 0 Å². The smallest absolute Gasteiger partial charge is 0.252 e. The number of aryl methyl sites for hydroxylation is 1. The van der Waals surface area contributed by atoms with Gasteiger partial charge >= 0.3 is 0 Å². The van der Waals surface area contributed by atoms with Gasteiger partial charge in [0.15, 0.2) is 0 Å². The zero-order valence-electron chi connectivity index (χ0n) is 53.2. The second-order valence-electron chi connectivity index (χ2n) is 30.6. The number of benzene rings is 9. The predicted octanol–water partition coefficient (Wildman–Crippen LogP) is 19.9. The van der Waals surface area contributed by atoms with Gasteiger partial charge in [0.2, 0.25) is 0 Å². The van der Waals surface area contributed by atoms with E-state index in [4.69, 9.17) is 0 Å². The third kappa shape index (κ3) is 8.65. The zero-order valence-corrected chi connectivity index (χ0v) is 53.2. The molecule has 0 saturated carbocycles. The molecular formula is C80H86BN3. The Hall–Kier alpha value is -7.56. The van der Waals surface area contributed by atoms with Gasteiger partial charge in [-0.3, -0.25) is 0 Å². The van der Waals surface area contributed by atoms with E-state index in [0.29, 0.717) is 0 Å². The summed E-state index contributed by atoms with van der Waals surface area (Å²) >= 11 is 0. The fourth-order valence-electron chi connectivity index (χ4n) is 14.8. The summed E-state index contributed by atoms with van der Waals surface area (Å²) in [4.78, 5) is 8.22. The van der Waals surface area contributed by atoms with Gasteiger partial charge in [0.25, 0.3) is 6.71 Å². The maximum atomic E-state index is 2.82. The highest BCUT2D eigenvalue weighted by Crippen LogP contribution is 2.65. The summed E-state index contributed by atoms with van der Waals surface area (Å²) < 4.78 is 0. The quantitative estimate of drug-likeness (QED) is 0.159. The Balaban J connectivity index is 1.23. The molecule has 0 radical (unpaired) electrons. The first kappa shape index (κ1) is 55.6. The topological polar surface area (TPSA) is 9.72 Å². The van der Waals surface area contributed by atoms with Crippen LogP contribution in [0.15, 0.2) is 188 Å². The van der Waals surface area contributed by atoms with E-state index >= 15 is 0 Å². The molecule has 2 atom stereocenters.